The number of thioether (sulfide) groups is 1. The lowest BCUT2D eigenvalue weighted by molar-refractivity contribution is 0.173. The minimum atomic E-state index is 0.256. The van der Waals surface area contributed by atoms with Gasteiger partial charge in [0.1, 0.15) is 0 Å². The van der Waals surface area contributed by atoms with E-state index >= 15 is 0 Å². The van der Waals surface area contributed by atoms with Gasteiger partial charge in [-0.2, -0.15) is 0 Å². The second kappa shape index (κ2) is 6.64. The van der Waals surface area contributed by atoms with Crippen LogP contribution in [0.25, 0.3) is 0 Å². The van der Waals surface area contributed by atoms with Gasteiger partial charge in [0.15, 0.2) is 0 Å². The van der Waals surface area contributed by atoms with Crippen LogP contribution in [-0.2, 0) is 11.2 Å². The number of alkyl halides is 1. The molecule has 2 nitrogen and oxygen atoms in total. The first-order valence-electron chi connectivity index (χ1n) is 5.86. The molecule has 0 amide bonds. The molecule has 2 unspecified atom stereocenters. The average Bonchev–Trinajstić information content (AvgIpc) is 2.77. The number of halogens is 1. The Balaban J connectivity index is 1.79. The zero-order valence-corrected chi connectivity index (χ0v) is 11.6. The molecule has 1 aliphatic heterocycles. The van der Waals surface area contributed by atoms with E-state index in [-0.39, 0.29) is 6.04 Å². The molecule has 17 heavy (non-hydrogen) atoms. The van der Waals surface area contributed by atoms with E-state index in [0.29, 0.717) is 17.7 Å². The van der Waals surface area contributed by atoms with Crippen LogP contribution in [0.4, 0.5) is 0 Å². The number of hydrogen-bond donors (Lipinski definition) is 1. The van der Waals surface area contributed by atoms with Gasteiger partial charge in [0.25, 0.3) is 0 Å². The van der Waals surface area contributed by atoms with Gasteiger partial charge in [-0.15, -0.1) is 23.4 Å². The first-order valence-corrected chi connectivity index (χ1v) is 7.27. The summed E-state index contributed by atoms with van der Waals surface area (Å²) in [6.07, 6.45) is 1.15. The molecule has 0 bridgehead atoms. The molecule has 1 aromatic rings. The van der Waals surface area contributed by atoms with E-state index in [0.717, 1.165) is 13.0 Å². The molecule has 0 radical (unpaired) electrons. The molecule has 0 saturated heterocycles. The third kappa shape index (κ3) is 3.62. The number of benzene rings is 1. The van der Waals surface area contributed by atoms with E-state index in [2.05, 4.69) is 29.6 Å². The number of ether oxygens (including phenoxy) is 1. The highest BCUT2D eigenvalue weighted by Crippen LogP contribution is 2.36. The second-order valence-corrected chi connectivity index (χ2v) is 5.92. The van der Waals surface area contributed by atoms with Crippen LogP contribution < -0.4 is 5.32 Å². The fourth-order valence-corrected chi connectivity index (χ4v) is 3.48. The lowest BCUT2D eigenvalue weighted by Crippen LogP contribution is -2.38. The largest absolute Gasteiger partial charge is 0.383 e. The normalized spacial score (nSPS) is 20.2. The van der Waals surface area contributed by atoms with Gasteiger partial charge in [-0.3, -0.25) is 0 Å². The average molecular weight is 272 g/mol. The molecule has 1 aliphatic rings. The first-order chi connectivity index (χ1) is 8.33. The summed E-state index contributed by atoms with van der Waals surface area (Å²) in [6.45, 7) is 1.66. The van der Waals surface area contributed by atoms with Crippen molar-refractivity contribution in [1.82, 2.24) is 5.32 Å². The highest BCUT2D eigenvalue weighted by Gasteiger charge is 2.22. The lowest BCUT2D eigenvalue weighted by atomic mass is 10.1. The summed E-state index contributed by atoms with van der Waals surface area (Å²) in [4.78, 5) is 1.42. The Morgan fingerprint density at radius 2 is 2.35 bits per heavy atom. The summed E-state index contributed by atoms with van der Waals surface area (Å²) in [6, 6.07) is 8.89. The molecule has 1 aromatic carbocycles. The number of hydrogen-bond acceptors (Lipinski definition) is 3. The van der Waals surface area contributed by atoms with Crippen molar-refractivity contribution in [3.63, 3.8) is 0 Å². The Bertz CT molecular complexity index is 336. The minimum absolute atomic E-state index is 0.256. The van der Waals surface area contributed by atoms with E-state index in [9.17, 15) is 0 Å². The molecule has 4 heteroatoms. The monoisotopic (exact) mass is 271 g/mol. The van der Waals surface area contributed by atoms with E-state index < -0.39 is 0 Å². The summed E-state index contributed by atoms with van der Waals surface area (Å²) in [7, 11) is 1.71. The zero-order chi connectivity index (χ0) is 12.1. The Morgan fingerprint density at radius 1 is 1.53 bits per heavy atom. The van der Waals surface area contributed by atoms with Crippen molar-refractivity contribution in [2.75, 3.05) is 26.1 Å². The Hall–Kier alpha value is -0.220. The fraction of sp³-hybridized carbons (Fsp3) is 0.538. The standard InChI is InChI=1S/C13H18ClNOS/c1-16-9-11(7-14)15-8-12-6-10-4-2-3-5-13(10)17-12/h2-5,11-12,15H,6-9H2,1H3. The third-order valence-electron chi connectivity index (χ3n) is 2.90. The van der Waals surface area contributed by atoms with Crippen molar-refractivity contribution in [1.29, 1.82) is 0 Å². The van der Waals surface area contributed by atoms with Crippen LogP contribution in [0.15, 0.2) is 29.2 Å². The molecule has 2 atom stereocenters. The quantitative estimate of drug-likeness (QED) is 0.804. The predicted octanol–water partition coefficient (Wildman–Crippen LogP) is 2.55. The first kappa shape index (κ1) is 13.2. The van der Waals surface area contributed by atoms with Gasteiger partial charge < -0.3 is 10.1 Å². The molecular weight excluding hydrogens is 254 g/mol. The number of nitrogens with one attached hydrogen (secondary N) is 1. The molecule has 94 valence electrons. The maximum atomic E-state index is 5.87. The predicted molar refractivity (Wildman–Crippen MR) is 74.2 cm³/mol. The molecule has 0 spiro atoms. The lowest BCUT2D eigenvalue weighted by Gasteiger charge is -2.17. The molecule has 0 aromatic heterocycles. The van der Waals surface area contributed by atoms with E-state index in [1.165, 1.54) is 10.5 Å². The van der Waals surface area contributed by atoms with Gasteiger partial charge in [0, 0.05) is 35.7 Å². The summed E-state index contributed by atoms with van der Waals surface area (Å²) >= 11 is 7.83. The summed E-state index contributed by atoms with van der Waals surface area (Å²) < 4.78 is 5.12. The molecule has 2 rings (SSSR count). The fourth-order valence-electron chi connectivity index (χ4n) is 2.03. The number of fused-ring (bicyclic) bond motifs is 1. The highest BCUT2D eigenvalue weighted by molar-refractivity contribution is 8.00. The second-order valence-electron chi connectivity index (χ2n) is 4.27. The molecule has 1 heterocycles. The Labute approximate surface area is 112 Å². The molecule has 0 aliphatic carbocycles. The smallest absolute Gasteiger partial charge is 0.0627 e. The van der Waals surface area contributed by atoms with Gasteiger partial charge in [-0.1, -0.05) is 18.2 Å². The Morgan fingerprint density at radius 3 is 3.06 bits per heavy atom. The van der Waals surface area contributed by atoms with Crippen molar-refractivity contribution in [3.8, 4) is 0 Å². The summed E-state index contributed by atoms with van der Waals surface area (Å²) in [5, 5.41) is 4.09. The van der Waals surface area contributed by atoms with Crippen LogP contribution in [0.2, 0.25) is 0 Å². The van der Waals surface area contributed by atoms with Crippen molar-refractivity contribution in [2.45, 2.75) is 22.6 Å². The Kier molecular flexibility index (Phi) is 5.16. The van der Waals surface area contributed by atoms with Crippen LogP contribution in [0.3, 0.4) is 0 Å². The van der Waals surface area contributed by atoms with Crippen molar-refractivity contribution < 1.29 is 4.74 Å². The molecule has 0 fully saturated rings. The van der Waals surface area contributed by atoms with Gasteiger partial charge in [0.2, 0.25) is 0 Å². The van der Waals surface area contributed by atoms with Gasteiger partial charge in [-0.25, -0.2) is 0 Å². The maximum absolute atomic E-state index is 5.87. The SMILES string of the molecule is COCC(CCl)NCC1Cc2ccccc2S1. The van der Waals surface area contributed by atoms with Crippen LogP contribution in [0.1, 0.15) is 5.56 Å². The number of methoxy groups -OCH3 is 1. The maximum Gasteiger partial charge on any atom is 0.0627 e. The number of rotatable bonds is 6. The van der Waals surface area contributed by atoms with Crippen molar-refractivity contribution in [2.24, 2.45) is 0 Å². The summed E-state index contributed by atoms with van der Waals surface area (Å²) in [5.41, 5.74) is 1.47. The zero-order valence-electron chi connectivity index (χ0n) is 9.99. The van der Waals surface area contributed by atoms with Crippen LogP contribution in [-0.4, -0.2) is 37.4 Å². The third-order valence-corrected chi connectivity index (χ3v) is 4.59. The topological polar surface area (TPSA) is 21.3 Å². The molecular formula is C13H18ClNOS. The van der Waals surface area contributed by atoms with Crippen molar-refractivity contribution >= 4 is 23.4 Å². The van der Waals surface area contributed by atoms with Crippen LogP contribution >= 0.6 is 23.4 Å². The van der Waals surface area contributed by atoms with Gasteiger partial charge in [-0.05, 0) is 18.1 Å². The van der Waals surface area contributed by atoms with Gasteiger partial charge >= 0.3 is 0 Å². The minimum Gasteiger partial charge on any atom is -0.383 e. The molecule has 1 N–H and O–H groups in total. The highest BCUT2D eigenvalue weighted by atomic mass is 35.5. The van der Waals surface area contributed by atoms with Crippen molar-refractivity contribution in [3.05, 3.63) is 29.8 Å². The van der Waals surface area contributed by atoms with E-state index in [4.69, 9.17) is 16.3 Å². The van der Waals surface area contributed by atoms with Gasteiger partial charge in [0.05, 0.1) is 6.61 Å². The van der Waals surface area contributed by atoms with E-state index in [1.807, 2.05) is 11.8 Å². The summed E-state index contributed by atoms with van der Waals surface area (Å²) in [5.74, 6) is 0.595. The van der Waals surface area contributed by atoms with E-state index in [1.54, 1.807) is 7.11 Å². The van der Waals surface area contributed by atoms with Crippen LogP contribution in [0, 0.1) is 0 Å². The van der Waals surface area contributed by atoms with Crippen LogP contribution in [0.5, 0.6) is 0 Å². The molecule has 0 saturated carbocycles.